The van der Waals surface area contributed by atoms with Crippen LogP contribution >= 0.6 is 0 Å². The van der Waals surface area contributed by atoms with Gasteiger partial charge in [0.15, 0.2) is 11.5 Å². The Labute approximate surface area is 161 Å². The van der Waals surface area contributed by atoms with Crippen molar-refractivity contribution in [2.24, 2.45) is 0 Å². The van der Waals surface area contributed by atoms with Crippen LogP contribution < -0.4 is 14.8 Å². The maximum atomic E-state index is 12.7. The van der Waals surface area contributed by atoms with Crippen LogP contribution in [0.3, 0.4) is 0 Å². The number of H-pyrrole nitrogens is 1. The second kappa shape index (κ2) is 7.64. The predicted molar refractivity (Wildman–Crippen MR) is 102 cm³/mol. The van der Waals surface area contributed by atoms with E-state index in [2.05, 4.69) is 10.3 Å². The van der Waals surface area contributed by atoms with Crippen LogP contribution in [0.25, 0.3) is 10.9 Å². The number of hydrogen-bond acceptors (Lipinski definition) is 5. The molecule has 1 aliphatic rings. The molecule has 0 saturated carbocycles. The molecule has 1 aliphatic heterocycles. The first-order valence-corrected chi connectivity index (χ1v) is 8.97. The summed E-state index contributed by atoms with van der Waals surface area (Å²) in [5, 5.41) is 3.74. The third-order valence-electron chi connectivity index (χ3n) is 4.70. The number of aromatic nitrogens is 1. The minimum Gasteiger partial charge on any atom is -0.485 e. The number of aromatic amines is 1. The number of para-hydroxylation sites is 3. The third kappa shape index (κ3) is 3.51. The highest BCUT2D eigenvalue weighted by Crippen LogP contribution is 2.31. The Bertz CT molecular complexity index is 1010. The van der Waals surface area contributed by atoms with Crippen LogP contribution in [-0.4, -0.2) is 42.7 Å². The molecule has 0 aliphatic carbocycles. The van der Waals surface area contributed by atoms with Crippen molar-refractivity contribution in [2.45, 2.75) is 18.6 Å². The van der Waals surface area contributed by atoms with E-state index in [4.69, 9.17) is 14.2 Å². The second-order valence-corrected chi connectivity index (χ2v) is 6.51. The summed E-state index contributed by atoms with van der Waals surface area (Å²) in [6.45, 7) is 0.0732. The lowest BCUT2D eigenvalue weighted by molar-refractivity contribution is -0.146. The van der Waals surface area contributed by atoms with Gasteiger partial charge in [-0.1, -0.05) is 30.3 Å². The smallest absolute Gasteiger partial charge is 0.328 e. The van der Waals surface area contributed by atoms with E-state index in [0.717, 1.165) is 16.5 Å². The molecule has 0 fully saturated rings. The molecule has 1 amide bonds. The first kappa shape index (κ1) is 17.9. The Balaban J connectivity index is 1.49. The first-order chi connectivity index (χ1) is 13.7. The predicted octanol–water partition coefficient (Wildman–Crippen LogP) is 2.21. The maximum Gasteiger partial charge on any atom is 0.328 e. The van der Waals surface area contributed by atoms with Crippen LogP contribution in [0.5, 0.6) is 11.5 Å². The van der Waals surface area contributed by atoms with E-state index in [1.807, 2.05) is 36.5 Å². The molecular weight excluding hydrogens is 360 g/mol. The summed E-state index contributed by atoms with van der Waals surface area (Å²) in [6.07, 6.45) is 1.29. The Morgan fingerprint density at radius 1 is 1.18 bits per heavy atom. The molecule has 144 valence electrons. The lowest BCUT2D eigenvalue weighted by Crippen LogP contribution is -2.51. The van der Waals surface area contributed by atoms with E-state index < -0.39 is 24.0 Å². The number of benzene rings is 2. The average molecular weight is 380 g/mol. The summed E-state index contributed by atoms with van der Waals surface area (Å²) in [7, 11) is 1.30. The Kier molecular flexibility index (Phi) is 4.89. The number of esters is 1. The van der Waals surface area contributed by atoms with Crippen molar-refractivity contribution in [3.05, 3.63) is 60.3 Å². The van der Waals surface area contributed by atoms with Gasteiger partial charge in [-0.25, -0.2) is 4.79 Å². The highest BCUT2D eigenvalue weighted by Gasteiger charge is 2.31. The molecule has 1 aromatic heterocycles. The molecule has 3 aromatic rings. The van der Waals surface area contributed by atoms with Crippen LogP contribution in [0, 0.1) is 0 Å². The van der Waals surface area contributed by atoms with Gasteiger partial charge in [-0.15, -0.1) is 0 Å². The van der Waals surface area contributed by atoms with E-state index in [9.17, 15) is 9.59 Å². The first-order valence-electron chi connectivity index (χ1n) is 8.97. The van der Waals surface area contributed by atoms with Gasteiger partial charge >= 0.3 is 5.97 Å². The van der Waals surface area contributed by atoms with Gasteiger partial charge in [0.25, 0.3) is 5.91 Å². The van der Waals surface area contributed by atoms with Gasteiger partial charge in [0, 0.05) is 23.5 Å². The van der Waals surface area contributed by atoms with Crippen LogP contribution in [0.2, 0.25) is 0 Å². The molecule has 2 N–H and O–H groups in total. The van der Waals surface area contributed by atoms with Gasteiger partial charge in [0.1, 0.15) is 12.6 Å². The summed E-state index contributed by atoms with van der Waals surface area (Å²) in [4.78, 5) is 28.1. The molecule has 7 heteroatoms. The number of amides is 1. The minimum absolute atomic E-state index is 0.0732. The van der Waals surface area contributed by atoms with Crippen LogP contribution in [-0.2, 0) is 20.7 Å². The van der Waals surface area contributed by atoms with E-state index in [0.29, 0.717) is 17.9 Å². The number of nitrogens with one attached hydrogen (secondary N) is 2. The Morgan fingerprint density at radius 2 is 1.93 bits per heavy atom. The van der Waals surface area contributed by atoms with Gasteiger partial charge < -0.3 is 24.5 Å². The second-order valence-electron chi connectivity index (χ2n) is 6.51. The van der Waals surface area contributed by atoms with Crippen LogP contribution in [0.4, 0.5) is 0 Å². The summed E-state index contributed by atoms with van der Waals surface area (Å²) >= 11 is 0. The molecule has 2 aromatic carbocycles. The summed E-state index contributed by atoms with van der Waals surface area (Å²) in [5.41, 5.74) is 1.88. The van der Waals surface area contributed by atoms with Gasteiger partial charge in [0.2, 0.25) is 6.10 Å². The topological polar surface area (TPSA) is 89.7 Å². The number of hydrogen-bond donors (Lipinski definition) is 2. The Hall–Kier alpha value is -3.48. The highest BCUT2D eigenvalue weighted by atomic mass is 16.6. The standard InChI is InChI=1S/C21H20N2O5/c1-26-21(25)16(10-13-11-22-15-7-3-2-6-14(13)15)23-20(24)19-12-27-17-8-4-5-9-18(17)28-19/h2-9,11,16,19,22H,10,12H2,1H3,(H,23,24)/t16-,19-/m1/s1. The molecular formula is C21H20N2O5. The quantitative estimate of drug-likeness (QED) is 0.663. The van der Waals surface area contributed by atoms with Crippen molar-refractivity contribution in [3.63, 3.8) is 0 Å². The van der Waals surface area contributed by atoms with Crippen molar-refractivity contribution in [2.75, 3.05) is 13.7 Å². The number of fused-ring (bicyclic) bond motifs is 2. The number of carbonyl (C=O) groups excluding carboxylic acids is 2. The fraction of sp³-hybridized carbons (Fsp3) is 0.238. The van der Waals surface area contributed by atoms with Gasteiger partial charge in [0.05, 0.1) is 7.11 Å². The monoisotopic (exact) mass is 380 g/mol. The van der Waals surface area contributed by atoms with Crippen molar-refractivity contribution in [1.29, 1.82) is 0 Å². The molecule has 0 saturated heterocycles. The van der Waals surface area contributed by atoms with Crippen LogP contribution in [0.15, 0.2) is 54.7 Å². The van der Waals surface area contributed by atoms with Crippen molar-refractivity contribution < 1.29 is 23.8 Å². The van der Waals surface area contributed by atoms with E-state index >= 15 is 0 Å². The maximum absolute atomic E-state index is 12.7. The zero-order valence-electron chi connectivity index (χ0n) is 15.3. The van der Waals surface area contributed by atoms with E-state index in [-0.39, 0.29) is 6.61 Å². The summed E-state index contributed by atoms with van der Waals surface area (Å²) in [6, 6.07) is 14.1. The number of rotatable bonds is 5. The van der Waals surface area contributed by atoms with Crippen molar-refractivity contribution in [3.8, 4) is 11.5 Å². The minimum atomic E-state index is -0.843. The molecule has 2 atom stereocenters. The van der Waals surface area contributed by atoms with E-state index in [1.165, 1.54) is 7.11 Å². The third-order valence-corrected chi connectivity index (χ3v) is 4.70. The van der Waals surface area contributed by atoms with Crippen LogP contribution in [0.1, 0.15) is 5.56 Å². The lowest BCUT2D eigenvalue weighted by Gasteiger charge is -2.27. The lowest BCUT2D eigenvalue weighted by atomic mass is 10.0. The van der Waals surface area contributed by atoms with Gasteiger partial charge in [-0.05, 0) is 23.8 Å². The van der Waals surface area contributed by atoms with Crippen molar-refractivity contribution in [1.82, 2.24) is 10.3 Å². The molecule has 2 heterocycles. The number of methoxy groups -OCH3 is 1. The fourth-order valence-corrected chi connectivity index (χ4v) is 3.27. The number of carbonyl (C=O) groups is 2. The average Bonchev–Trinajstić information content (AvgIpc) is 3.15. The normalized spacial score (nSPS) is 16.4. The van der Waals surface area contributed by atoms with Gasteiger partial charge in [-0.2, -0.15) is 0 Å². The Morgan fingerprint density at radius 3 is 2.75 bits per heavy atom. The summed E-state index contributed by atoms with van der Waals surface area (Å²) in [5.74, 6) is 0.149. The molecule has 0 spiro atoms. The zero-order valence-corrected chi connectivity index (χ0v) is 15.3. The SMILES string of the molecule is COC(=O)[C@@H](Cc1c[nH]c2ccccc12)NC(=O)[C@H]1COc2ccccc2O1. The van der Waals surface area contributed by atoms with Gasteiger partial charge in [-0.3, -0.25) is 4.79 Å². The molecule has 7 nitrogen and oxygen atoms in total. The highest BCUT2D eigenvalue weighted by molar-refractivity contribution is 5.89. The number of ether oxygens (including phenoxy) is 3. The molecule has 4 rings (SSSR count). The van der Waals surface area contributed by atoms with E-state index in [1.54, 1.807) is 18.2 Å². The molecule has 0 unspecified atom stereocenters. The molecule has 0 bridgehead atoms. The largest absolute Gasteiger partial charge is 0.485 e. The van der Waals surface area contributed by atoms with Crippen molar-refractivity contribution >= 4 is 22.8 Å². The summed E-state index contributed by atoms with van der Waals surface area (Å²) < 4.78 is 16.2. The fourth-order valence-electron chi connectivity index (χ4n) is 3.27. The molecule has 0 radical (unpaired) electrons. The molecule has 28 heavy (non-hydrogen) atoms. The zero-order chi connectivity index (χ0) is 19.5.